The highest BCUT2D eigenvalue weighted by Gasteiger charge is 2.26. The van der Waals surface area contributed by atoms with Gasteiger partial charge in [-0.1, -0.05) is 0 Å². The molecule has 1 rings (SSSR count). The summed E-state index contributed by atoms with van der Waals surface area (Å²) in [5.41, 5.74) is 0. The van der Waals surface area contributed by atoms with E-state index in [2.05, 4.69) is 10.6 Å². The highest BCUT2D eigenvalue weighted by Crippen LogP contribution is 2.05. The fourth-order valence-corrected chi connectivity index (χ4v) is 1.22. The van der Waals surface area contributed by atoms with Crippen molar-refractivity contribution < 1.29 is 19.8 Å². The van der Waals surface area contributed by atoms with Gasteiger partial charge in [0, 0.05) is 13.0 Å². The van der Waals surface area contributed by atoms with E-state index in [1.165, 1.54) is 0 Å². The molecule has 0 aliphatic carbocycles. The van der Waals surface area contributed by atoms with Gasteiger partial charge in [0.1, 0.15) is 6.04 Å². The van der Waals surface area contributed by atoms with Crippen molar-refractivity contribution in [2.45, 2.75) is 25.0 Å². The van der Waals surface area contributed by atoms with Gasteiger partial charge >= 0.3 is 0 Å². The predicted molar refractivity (Wildman–Crippen MR) is 47.3 cm³/mol. The van der Waals surface area contributed by atoms with Gasteiger partial charge in [-0.25, -0.2) is 0 Å². The van der Waals surface area contributed by atoms with Crippen LogP contribution in [-0.4, -0.2) is 47.3 Å². The molecular weight excluding hydrogens is 188 g/mol. The number of hydrogen-bond acceptors (Lipinski definition) is 4. The normalized spacial score (nSPS) is 23.0. The van der Waals surface area contributed by atoms with Crippen LogP contribution >= 0.6 is 0 Å². The molecule has 0 aromatic rings. The predicted octanol–water partition coefficient (Wildman–Crippen LogP) is -2.27. The maximum Gasteiger partial charge on any atom is 0.242 e. The lowest BCUT2D eigenvalue weighted by molar-refractivity contribution is -0.126. The second-order valence-electron chi connectivity index (χ2n) is 3.24. The highest BCUT2D eigenvalue weighted by atomic mass is 16.3. The zero-order valence-electron chi connectivity index (χ0n) is 7.69. The Labute approximate surface area is 81.3 Å². The second kappa shape index (κ2) is 4.92. The van der Waals surface area contributed by atoms with Gasteiger partial charge in [-0.05, 0) is 6.42 Å². The molecule has 1 aliphatic rings. The maximum atomic E-state index is 11.3. The molecule has 1 saturated heterocycles. The van der Waals surface area contributed by atoms with Gasteiger partial charge < -0.3 is 20.8 Å². The summed E-state index contributed by atoms with van der Waals surface area (Å²) < 4.78 is 0. The van der Waals surface area contributed by atoms with Crippen LogP contribution in [-0.2, 0) is 9.59 Å². The Morgan fingerprint density at radius 1 is 1.71 bits per heavy atom. The molecule has 0 spiro atoms. The van der Waals surface area contributed by atoms with E-state index in [4.69, 9.17) is 10.2 Å². The van der Waals surface area contributed by atoms with E-state index in [-0.39, 0.29) is 18.4 Å². The SMILES string of the molecule is O=C1CC[C@@H](C(=O)NCC(O)CO)N1. The van der Waals surface area contributed by atoms with Crippen LogP contribution in [0.15, 0.2) is 0 Å². The van der Waals surface area contributed by atoms with Crippen molar-refractivity contribution in [2.75, 3.05) is 13.2 Å². The van der Waals surface area contributed by atoms with E-state index in [1.807, 2.05) is 0 Å². The molecule has 2 amide bonds. The van der Waals surface area contributed by atoms with Crippen LogP contribution < -0.4 is 10.6 Å². The molecule has 0 radical (unpaired) electrons. The number of rotatable bonds is 4. The molecule has 2 atom stereocenters. The first-order valence-corrected chi connectivity index (χ1v) is 4.49. The molecule has 0 aromatic carbocycles. The van der Waals surface area contributed by atoms with E-state index in [9.17, 15) is 9.59 Å². The number of aliphatic hydroxyl groups is 2. The topological polar surface area (TPSA) is 98.7 Å². The minimum atomic E-state index is -0.948. The van der Waals surface area contributed by atoms with Crippen LogP contribution in [0.5, 0.6) is 0 Å². The summed E-state index contributed by atoms with van der Waals surface area (Å²) in [6.45, 7) is -0.390. The Morgan fingerprint density at radius 2 is 2.43 bits per heavy atom. The molecular formula is C8H14N2O4. The lowest BCUT2D eigenvalue weighted by Gasteiger charge is -2.12. The molecule has 1 fully saturated rings. The van der Waals surface area contributed by atoms with Gasteiger partial charge in [-0.2, -0.15) is 0 Å². The van der Waals surface area contributed by atoms with Gasteiger partial charge in [0.25, 0.3) is 0 Å². The molecule has 0 aromatic heterocycles. The van der Waals surface area contributed by atoms with Crippen molar-refractivity contribution in [2.24, 2.45) is 0 Å². The number of aliphatic hydroxyl groups excluding tert-OH is 2. The third kappa shape index (κ3) is 2.97. The third-order valence-electron chi connectivity index (χ3n) is 2.03. The largest absolute Gasteiger partial charge is 0.394 e. The van der Waals surface area contributed by atoms with Crippen molar-refractivity contribution in [1.29, 1.82) is 0 Å². The Hall–Kier alpha value is -1.14. The molecule has 80 valence electrons. The standard InChI is InChI=1S/C8H14N2O4/c11-4-5(12)3-9-8(14)6-1-2-7(13)10-6/h5-6,11-12H,1-4H2,(H,9,14)(H,10,13)/t5?,6-/m0/s1. The van der Waals surface area contributed by atoms with Crippen LogP contribution in [0.25, 0.3) is 0 Å². The van der Waals surface area contributed by atoms with Crippen LogP contribution in [0.2, 0.25) is 0 Å². The minimum absolute atomic E-state index is 0.00169. The average Bonchev–Trinajstić information content (AvgIpc) is 2.60. The van der Waals surface area contributed by atoms with Crippen molar-refractivity contribution in [3.05, 3.63) is 0 Å². The number of nitrogens with one attached hydrogen (secondary N) is 2. The smallest absolute Gasteiger partial charge is 0.242 e. The van der Waals surface area contributed by atoms with Crippen molar-refractivity contribution in [3.8, 4) is 0 Å². The molecule has 6 heteroatoms. The summed E-state index contributed by atoms with van der Waals surface area (Å²) in [5.74, 6) is -0.448. The summed E-state index contributed by atoms with van der Waals surface area (Å²) in [7, 11) is 0. The summed E-state index contributed by atoms with van der Waals surface area (Å²) in [6.07, 6.45) is -0.100. The molecule has 1 heterocycles. The Kier molecular flexibility index (Phi) is 3.84. The van der Waals surface area contributed by atoms with Gasteiger partial charge in [-0.3, -0.25) is 9.59 Å². The zero-order valence-corrected chi connectivity index (χ0v) is 7.69. The lowest BCUT2D eigenvalue weighted by Crippen LogP contribution is -2.44. The fraction of sp³-hybridized carbons (Fsp3) is 0.750. The van der Waals surface area contributed by atoms with Gasteiger partial charge in [-0.15, -0.1) is 0 Å². The van der Waals surface area contributed by atoms with Crippen molar-refractivity contribution in [1.82, 2.24) is 10.6 Å². The molecule has 6 nitrogen and oxygen atoms in total. The highest BCUT2D eigenvalue weighted by molar-refractivity contribution is 5.90. The molecule has 1 aliphatic heterocycles. The average molecular weight is 202 g/mol. The lowest BCUT2D eigenvalue weighted by atomic mass is 10.2. The second-order valence-corrected chi connectivity index (χ2v) is 3.24. The van der Waals surface area contributed by atoms with Gasteiger partial charge in [0.05, 0.1) is 12.7 Å². The first-order chi connectivity index (χ1) is 6.63. The van der Waals surface area contributed by atoms with E-state index in [0.29, 0.717) is 12.8 Å². The van der Waals surface area contributed by atoms with E-state index in [0.717, 1.165) is 0 Å². The molecule has 0 bridgehead atoms. The van der Waals surface area contributed by atoms with Crippen molar-refractivity contribution >= 4 is 11.8 Å². The van der Waals surface area contributed by atoms with Crippen LogP contribution in [0, 0.1) is 0 Å². The third-order valence-corrected chi connectivity index (χ3v) is 2.03. The Morgan fingerprint density at radius 3 is 2.93 bits per heavy atom. The van der Waals surface area contributed by atoms with Gasteiger partial charge in [0.15, 0.2) is 0 Å². The summed E-state index contributed by atoms with van der Waals surface area (Å²) >= 11 is 0. The first kappa shape index (κ1) is 10.9. The molecule has 4 N–H and O–H groups in total. The Bertz CT molecular complexity index is 231. The monoisotopic (exact) mass is 202 g/mol. The number of amides is 2. The van der Waals surface area contributed by atoms with E-state index >= 15 is 0 Å². The zero-order chi connectivity index (χ0) is 10.6. The summed E-state index contributed by atoms with van der Waals surface area (Å²) in [4.78, 5) is 22.1. The van der Waals surface area contributed by atoms with Crippen LogP contribution in [0.4, 0.5) is 0 Å². The number of hydrogen-bond donors (Lipinski definition) is 4. The van der Waals surface area contributed by atoms with E-state index < -0.39 is 18.8 Å². The first-order valence-electron chi connectivity index (χ1n) is 4.49. The maximum absolute atomic E-state index is 11.3. The number of carbonyl (C=O) groups excluding carboxylic acids is 2. The number of carbonyl (C=O) groups is 2. The van der Waals surface area contributed by atoms with Crippen LogP contribution in [0.3, 0.4) is 0 Å². The van der Waals surface area contributed by atoms with Crippen LogP contribution in [0.1, 0.15) is 12.8 Å². The van der Waals surface area contributed by atoms with Gasteiger partial charge in [0.2, 0.25) is 11.8 Å². The summed E-state index contributed by atoms with van der Waals surface area (Å²) in [6, 6.07) is -0.492. The molecule has 0 saturated carbocycles. The molecule has 14 heavy (non-hydrogen) atoms. The Balaban J connectivity index is 2.25. The van der Waals surface area contributed by atoms with Crippen molar-refractivity contribution in [3.63, 3.8) is 0 Å². The van der Waals surface area contributed by atoms with E-state index in [1.54, 1.807) is 0 Å². The summed E-state index contributed by atoms with van der Waals surface area (Å²) in [5, 5.41) is 22.4. The minimum Gasteiger partial charge on any atom is -0.394 e. The quantitative estimate of drug-likeness (QED) is 0.413. The molecule has 1 unspecified atom stereocenters. The fourth-order valence-electron chi connectivity index (χ4n) is 1.22.